The van der Waals surface area contributed by atoms with E-state index >= 15 is 0 Å². The van der Waals surface area contributed by atoms with Crippen LogP contribution in [0.4, 0.5) is 5.69 Å². The number of carbonyl (C=O) groups excluding carboxylic acids is 1. The van der Waals surface area contributed by atoms with E-state index in [-0.39, 0.29) is 5.97 Å². The second-order valence-corrected chi connectivity index (χ2v) is 4.14. The minimum absolute atomic E-state index is 0.371. The van der Waals surface area contributed by atoms with Crippen molar-refractivity contribution in [3.63, 3.8) is 0 Å². The van der Waals surface area contributed by atoms with Crippen molar-refractivity contribution < 1.29 is 9.53 Å². The fourth-order valence-electron chi connectivity index (χ4n) is 1.75. The van der Waals surface area contributed by atoms with E-state index in [0.717, 1.165) is 16.7 Å². The largest absolute Gasteiger partial charge is 0.466 e. The predicted octanol–water partition coefficient (Wildman–Crippen LogP) is 4.09. The van der Waals surface area contributed by atoms with Crippen LogP contribution in [-0.4, -0.2) is 13.1 Å². The Bertz CT molecular complexity index is 662. The maximum absolute atomic E-state index is 11.0. The van der Waals surface area contributed by atoms with Crippen LogP contribution in [0.25, 0.3) is 22.0 Å². The van der Waals surface area contributed by atoms with Gasteiger partial charge in [0.1, 0.15) is 0 Å². The molecule has 0 N–H and O–H groups in total. The van der Waals surface area contributed by atoms with Crippen molar-refractivity contribution in [2.75, 3.05) is 7.11 Å². The fraction of sp³-hybridized carbons (Fsp3) is 0.0588. The van der Waals surface area contributed by atoms with Crippen LogP contribution < -0.4 is 0 Å². The van der Waals surface area contributed by atoms with Crippen LogP contribution >= 0.6 is 0 Å². The molecule has 0 fully saturated rings. The van der Waals surface area contributed by atoms with E-state index in [4.69, 9.17) is 6.57 Å². The molecule has 3 heteroatoms. The number of hydrogen-bond acceptors (Lipinski definition) is 2. The van der Waals surface area contributed by atoms with Gasteiger partial charge in [0.2, 0.25) is 0 Å². The summed E-state index contributed by atoms with van der Waals surface area (Å²) in [5.41, 5.74) is 3.68. The molecule has 0 aromatic heterocycles. The van der Waals surface area contributed by atoms with Gasteiger partial charge in [-0.2, -0.15) is 0 Å². The Labute approximate surface area is 118 Å². The average molecular weight is 263 g/mol. The highest BCUT2D eigenvalue weighted by atomic mass is 16.5. The number of methoxy groups -OCH3 is 1. The highest BCUT2D eigenvalue weighted by molar-refractivity contribution is 5.87. The SMILES string of the molecule is [C-]#[N+]c1ccc(-c2ccc(/C=C/C(=O)OC)cc2)cc1. The molecule has 0 bridgehead atoms. The number of carbonyl (C=O) groups is 1. The van der Waals surface area contributed by atoms with Gasteiger partial charge in [0.05, 0.1) is 13.7 Å². The van der Waals surface area contributed by atoms with Gasteiger partial charge < -0.3 is 4.74 Å². The van der Waals surface area contributed by atoms with Gasteiger partial charge >= 0.3 is 5.97 Å². The lowest BCUT2D eigenvalue weighted by molar-refractivity contribution is -0.134. The van der Waals surface area contributed by atoms with Crippen LogP contribution in [0.2, 0.25) is 0 Å². The van der Waals surface area contributed by atoms with Crippen molar-refractivity contribution in [3.8, 4) is 11.1 Å². The van der Waals surface area contributed by atoms with Gasteiger partial charge in [-0.15, -0.1) is 0 Å². The molecule has 0 spiro atoms. The summed E-state index contributed by atoms with van der Waals surface area (Å²) in [7, 11) is 1.35. The molecule has 0 aliphatic carbocycles. The number of hydrogen-bond donors (Lipinski definition) is 0. The number of benzene rings is 2. The molecular formula is C17H13NO2. The Kier molecular flexibility index (Phi) is 4.31. The van der Waals surface area contributed by atoms with Crippen molar-refractivity contribution in [3.05, 3.63) is 71.6 Å². The Hall–Kier alpha value is -2.86. The van der Waals surface area contributed by atoms with E-state index in [0.29, 0.717) is 5.69 Å². The molecule has 0 aliphatic heterocycles. The Balaban J connectivity index is 2.17. The highest BCUT2D eigenvalue weighted by Crippen LogP contribution is 2.23. The average Bonchev–Trinajstić information content (AvgIpc) is 2.53. The minimum atomic E-state index is -0.371. The zero-order valence-electron chi connectivity index (χ0n) is 11.0. The third-order valence-electron chi connectivity index (χ3n) is 2.85. The van der Waals surface area contributed by atoms with Crippen molar-refractivity contribution in [2.24, 2.45) is 0 Å². The maximum Gasteiger partial charge on any atom is 0.330 e. The quantitative estimate of drug-likeness (QED) is 0.474. The summed E-state index contributed by atoms with van der Waals surface area (Å²) < 4.78 is 4.54. The Morgan fingerprint density at radius 2 is 1.60 bits per heavy atom. The van der Waals surface area contributed by atoms with Crippen molar-refractivity contribution in [1.29, 1.82) is 0 Å². The normalized spacial score (nSPS) is 10.2. The van der Waals surface area contributed by atoms with Crippen LogP contribution in [0.5, 0.6) is 0 Å². The molecule has 2 aromatic rings. The highest BCUT2D eigenvalue weighted by Gasteiger charge is 1.98. The molecule has 98 valence electrons. The van der Waals surface area contributed by atoms with Crippen LogP contribution in [0.3, 0.4) is 0 Å². The van der Waals surface area contributed by atoms with Gasteiger partial charge in [-0.05, 0) is 22.8 Å². The zero-order chi connectivity index (χ0) is 14.4. The molecule has 3 nitrogen and oxygen atoms in total. The molecule has 0 heterocycles. The number of nitrogens with zero attached hydrogens (tertiary/aromatic N) is 1. The molecule has 0 saturated heterocycles. The number of rotatable bonds is 3. The third kappa shape index (κ3) is 3.33. The van der Waals surface area contributed by atoms with Crippen molar-refractivity contribution in [2.45, 2.75) is 0 Å². The lowest BCUT2D eigenvalue weighted by Gasteiger charge is -2.02. The van der Waals surface area contributed by atoms with Crippen molar-refractivity contribution >= 4 is 17.7 Å². The number of ether oxygens (including phenoxy) is 1. The molecule has 0 radical (unpaired) electrons. The molecule has 20 heavy (non-hydrogen) atoms. The summed E-state index contributed by atoms with van der Waals surface area (Å²) >= 11 is 0. The third-order valence-corrected chi connectivity index (χ3v) is 2.85. The summed E-state index contributed by atoms with van der Waals surface area (Å²) in [6.07, 6.45) is 3.09. The van der Waals surface area contributed by atoms with Gasteiger partial charge in [0, 0.05) is 6.08 Å². The molecular weight excluding hydrogens is 250 g/mol. The zero-order valence-corrected chi connectivity index (χ0v) is 11.0. The molecule has 2 aromatic carbocycles. The van der Waals surface area contributed by atoms with E-state index < -0.39 is 0 Å². The maximum atomic E-state index is 11.0. The van der Waals surface area contributed by atoms with E-state index in [1.165, 1.54) is 13.2 Å². The van der Waals surface area contributed by atoms with Gasteiger partial charge in [-0.1, -0.05) is 48.5 Å². The fourth-order valence-corrected chi connectivity index (χ4v) is 1.75. The van der Waals surface area contributed by atoms with E-state index in [9.17, 15) is 4.79 Å². The summed E-state index contributed by atoms with van der Waals surface area (Å²) in [6, 6.07) is 15.3. The Morgan fingerprint density at radius 1 is 1.05 bits per heavy atom. The monoisotopic (exact) mass is 263 g/mol. The first-order valence-electron chi connectivity index (χ1n) is 6.07. The van der Waals surface area contributed by atoms with Gasteiger partial charge in [0.15, 0.2) is 5.69 Å². The van der Waals surface area contributed by atoms with E-state index in [2.05, 4.69) is 9.58 Å². The molecule has 2 rings (SSSR count). The molecule has 0 unspecified atom stereocenters. The first-order valence-corrected chi connectivity index (χ1v) is 6.07. The minimum Gasteiger partial charge on any atom is -0.466 e. The standard InChI is InChI=1S/C17H13NO2/c1-18-16-10-8-15(9-11-16)14-6-3-13(4-7-14)5-12-17(19)20-2/h3-12H,2H3/b12-5+. The molecule has 0 saturated carbocycles. The molecule has 0 atom stereocenters. The van der Waals surface area contributed by atoms with Crippen LogP contribution in [0.15, 0.2) is 54.6 Å². The second kappa shape index (κ2) is 6.35. The second-order valence-electron chi connectivity index (χ2n) is 4.14. The molecule has 0 amide bonds. The van der Waals surface area contributed by atoms with Crippen molar-refractivity contribution in [1.82, 2.24) is 0 Å². The number of esters is 1. The topological polar surface area (TPSA) is 30.7 Å². The van der Waals surface area contributed by atoms with E-state index in [1.54, 1.807) is 18.2 Å². The van der Waals surface area contributed by atoms with Crippen LogP contribution in [0.1, 0.15) is 5.56 Å². The van der Waals surface area contributed by atoms with Gasteiger partial charge in [0.25, 0.3) is 0 Å². The summed E-state index contributed by atoms with van der Waals surface area (Å²) in [4.78, 5) is 14.4. The smallest absolute Gasteiger partial charge is 0.330 e. The first-order chi connectivity index (χ1) is 9.72. The lowest BCUT2D eigenvalue weighted by atomic mass is 10.0. The summed E-state index contributed by atoms with van der Waals surface area (Å²) in [5, 5.41) is 0. The van der Waals surface area contributed by atoms with Crippen LogP contribution in [0, 0.1) is 6.57 Å². The first kappa shape index (κ1) is 13.6. The molecule has 0 aliphatic rings. The van der Waals surface area contributed by atoms with Gasteiger partial charge in [-0.25, -0.2) is 9.64 Å². The van der Waals surface area contributed by atoms with Crippen LogP contribution in [-0.2, 0) is 9.53 Å². The van der Waals surface area contributed by atoms with Gasteiger partial charge in [-0.3, -0.25) is 0 Å². The predicted molar refractivity (Wildman–Crippen MR) is 79.2 cm³/mol. The van der Waals surface area contributed by atoms with E-state index in [1.807, 2.05) is 36.4 Å². The summed E-state index contributed by atoms with van der Waals surface area (Å²) in [5.74, 6) is -0.371. The summed E-state index contributed by atoms with van der Waals surface area (Å²) in [6.45, 7) is 6.92. The lowest BCUT2D eigenvalue weighted by Crippen LogP contribution is -1.93. The Morgan fingerprint density at radius 3 is 2.10 bits per heavy atom.